The molecule has 0 spiro atoms. The van der Waals surface area contributed by atoms with Crippen molar-refractivity contribution in [1.82, 2.24) is 14.7 Å². The number of carboxylic acid groups (broad SMARTS) is 1. The fourth-order valence-corrected chi connectivity index (χ4v) is 6.65. The van der Waals surface area contributed by atoms with E-state index in [1.807, 2.05) is 35.2 Å². The highest BCUT2D eigenvalue weighted by Gasteiger charge is 2.60. The molecule has 1 aliphatic carbocycles. The minimum absolute atomic E-state index is 0.0240. The van der Waals surface area contributed by atoms with Gasteiger partial charge in [-0.2, -0.15) is 0 Å². The Morgan fingerprint density at radius 3 is 2.31 bits per heavy atom. The predicted molar refractivity (Wildman–Crippen MR) is 148 cm³/mol. The molecule has 8 heteroatoms. The molecular formula is C31H39N3O5. The molecule has 6 rings (SSSR count). The van der Waals surface area contributed by atoms with Crippen molar-refractivity contribution in [2.75, 3.05) is 39.8 Å². The Morgan fingerprint density at radius 2 is 1.64 bits per heavy atom. The molecule has 3 atom stereocenters. The number of rotatable bonds is 4. The van der Waals surface area contributed by atoms with Crippen LogP contribution in [0.5, 0.6) is 5.75 Å². The van der Waals surface area contributed by atoms with Crippen LogP contribution >= 0.6 is 0 Å². The summed E-state index contributed by atoms with van der Waals surface area (Å²) in [4.78, 5) is 30.7. The number of carbonyl (C=O) groups excluding carboxylic acids is 1. The van der Waals surface area contributed by atoms with Gasteiger partial charge in [0.15, 0.2) is 0 Å². The number of piperazine rings is 1. The van der Waals surface area contributed by atoms with Crippen LogP contribution in [-0.4, -0.2) is 83.4 Å². The fourth-order valence-electron chi connectivity index (χ4n) is 6.65. The normalized spacial score (nSPS) is 28.4. The van der Waals surface area contributed by atoms with E-state index in [0.29, 0.717) is 13.2 Å². The Hall–Kier alpha value is -3.10. The first-order chi connectivity index (χ1) is 18.7. The average molecular weight is 534 g/mol. The van der Waals surface area contributed by atoms with Crippen LogP contribution in [-0.2, 0) is 11.3 Å². The highest BCUT2D eigenvalue weighted by molar-refractivity contribution is 5.94. The zero-order valence-corrected chi connectivity index (χ0v) is 23.2. The molecule has 2 aromatic rings. The molecule has 0 aromatic heterocycles. The van der Waals surface area contributed by atoms with E-state index in [2.05, 4.69) is 37.9 Å². The number of benzene rings is 2. The van der Waals surface area contributed by atoms with Crippen molar-refractivity contribution >= 4 is 12.0 Å². The van der Waals surface area contributed by atoms with Crippen LogP contribution in [0.2, 0.25) is 0 Å². The second-order valence-electron chi connectivity index (χ2n) is 12.3. The third-order valence-corrected chi connectivity index (χ3v) is 9.86. The molecule has 39 heavy (non-hydrogen) atoms. The Bertz CT molecular complexity index is 1250. The molecule has 2 amide bonds. The number of piperidine rings is 1. The van der Waals surface area contributed by atoms with Gasteiger partial charge >= 0.3 is 6.09 Å². The van der Waals surface area contributed by atoms with Crippen molar-refractivity contribution in [2.45, 2.75) is 58.0 Å². The predicted octanol–water partition coefficient (Wildman–Crippen LogP) is 4.93. The van der Waals surface area contributed by atoms with Gasteiger partial charge in [-0.15, -0.1) is 0 Å². The summed E-state index contributed by atoms with van der Waals surface area (Å²) >= 11 is 0. The van der Waals surface area contributed by atoms with Gasteiger partial charge in [0, 0.05) is 55.3 Å². The molecule has 1 N–H and O–H groups in total. The quantitative estimate of drug-likeness (QED) is 0.601. The van der Waals surface area contributed by atoms with Crippen molar-refractivity contribution in [3.8, 4) is 16.9 Å². The van der Waals surface area contributed by atoms with Crippen molar-refractivity contribution in [3.05, 3.63) is 53.6 Å². The minimum atomic E-state index is -0.829. The van der Waals surface area contributed by atoms with E-state index in [9.17, 15) is 14.7 Å². The molecule has 3 fully saturated rings. The molecule has 3 unspecified atom stereocenters. The van der Waals surface area contributed by atoms with Crippen LogP contribution in [0.25, 0.3) is 11.1 Å². The first-order valence-electron chi connectivity index (χ1n) is 14.2. The zero-order valence-electron chi connectivity index (χ0n) is 23.2. The summed E-state index contributed by atoms with van der Waals surface area (Å²) in [6.45, 7) is 8.62. The number of hydrogen-bond donors (Lipinski definition) is 1. The SMILES string of the molecule is CN1CCN(C(=O)c2ccc(-c3ccc4c(c3)COC(C3CCN(C(=O)O)C(C)(C5(C)CC5)C3)O4)cc2)CC1. The molecule has 3 heterocycles. The monoisotopic (exact) mass is 533 g/mol. The maximum absolute atomic E-state index is 12.9. The lowest BCUT2D eigenvalue weighted by atomic mass is 9.71. The lowest BCUT2D eigenvalue weighted by Crippen LogP contribution is -2.60. The van der Waals surface area contributed by atoms with Crippen molar-refractivity contribution in [3.63, 3.8) is 0 Å². The van der Waals surface area contributed by atoms with E-state index < -0.39 is 11.6 Å². The van der Waals surface area contributed by atoms with Crippen molar-refractivity contribution < 1.29 is 24.2 Å². The number of ether oxygens (including phenoxy) is 2. The second-order valence-corrected chi connectivity index (χ2v) is 12.3. The van der Waals surface area contributed by atoms with Gasteiger partial charge in [0.05, 0.1) is 6.61 Å². The number of amides is 2. The van der Waals surface area contributed by atoms with Crippen LogP contribution in [0.1, 0.15) is 55.5 Å². The third kappa shape index (κ3) is 4.78. The molecule has 3 aliphatic heterocycles. The Kier molecular flexibility index (Phi) is 6.58. The van der Waals surface area contributed by atoms with Gasteiger partial charge in [-0.1, -0.05) is 25.1 Å². The molecule has 8 nitrogen and oxygen atoms in total. The van der Waals surface area contributed by atoms with Gasteiger partial charge in [0.2, 0.25) is 6.29 Å². The van der Waals surface area contributed by atoms with E-state index in [1.54, 1.807) is 4.90 Å². The summed E-state index contributed by atoms with van der Waals surface area (Å²) in [7, 11) is 2.08. The smallest absolute Gasteiger partial charge is 0.407 e. The Labute approximate surface area is 230 Å². The van der Waals surface area contributed by atoms with E-state index in [-0.39, 0.29) is 23.5 Å². The van der Waals surface area contributed by atoms with Crippen LogP contribution in [0, 0.1) is 11.3 Å². The number of hydrogen-bond acceptors (Lipinski definition) is 5. The highest BCUT2D eigenvalue weighted by atomic mass is 16.7. The van der Waals surface area contributed by atoms with Crippen molar-refractivity contribution in [1.29, 1.82) is 0 Å². The summed E-state index contributed by atoms with van der Waals surface area (Å²) in [6.07, 6.45) is 2.39. The molecule has 2 saturated heterocycles. The minimum Gasteiger partial charge on any atom is -0.465 e. The number of nitrogens with zero attached hydrogens (tertiary/aromatic N) is 3. The van der Waals surface area contributed by atoms with E-state index >= 15 is 0 Å². The average Bonchev–Trinajstić information content (AvgIpc) is 3.71. The van der Waals surface area contributed by atoms with E-state index in [1.165, 1.54) is 0 Å². The van der Waals surface area contributed by atoms with Crippen LogP contribution in [0.15, 0.2) is 42.5 Å². The van der Waals surface area contributed by atoms with Gasteiger partial charge in [-0.05, 0) is 80.5 Å². The van der Waals surface area contributed by atoms with Gasteiger partial charge in [-0.3, -0.25) is 4.79 Å². The maximum Gasteiger partial charge on any atom is 0.407 e. The fraction of sp³-hybridized carbons (Fsp3) is 0.548. The lowest BCUT2D eigenvalue weighted by molar-refractivity contribution is -0.163. The Balaban J connectivity index is 1.13. The van der Waals surface area contributed by atoms with Crippen LogP contribution < -0.4 is 4.74 Å². The molecule has 0 bridgehead atoms. The molecule has 4 aliphatic rings. The van der Waals surface area contributed by atoms with Crippen LogP contribution in [0.4, 0.5) is 4.79 Å². The molecule has 2 aromatic carbocycles. The van der Waals surface area contributed by atoms with Crippen LogP contribution in [0.3, 0.4) is 0 Å². The first-order valence-corrected chi connectivity index (χ1v) is 14.2. The Morgan fingerprint density at radius 1 is 0.949 bits per heavy atom. The number of fused-ring (bicyclic) bond motifs is 1. The van der Waals surface area contributed by atoms with Crippen molar-refractivity contribution in [2.24, 2.45) is 11.3 Å². The summed E-state index contributed by atoms with van der Waals surface area (Å²) in [5.74, 6) is 1.06. The second kappa shape index (κ2) is 9.82. The topological polar surface area (TPSA) is 82.6 Å². The van der Waals surface area contributed by atoms with Gasteiger partial charge in [0.1, 0.15) is 5.75 Å². The molecule has 208 valence electrons. The standard InChI is InChI=1S/C31H39N3O5/c1-30(11-12-30)31(2)19-24(10-13-34(31)29(36)37)28-38-20-25-18-23(8-9-26(25)39-28)21-4-6-22(7-5-21)27(35)33-16-14-32(3)15-17-33/h4-9,18,24,28H,10-17,19-20H2,1-3H3,(H,36,37). The highest BCUT2D eigenvalue weighted by Crippen LogP contribution is 2.60. The summed E-state index contributed by atoms with van der Waals surface area (Å²) in [5, 5.41) is 9.87. The summed E-state index contributed by atoms with van der Waals surface area (Å²) in [6, 6.07) is 14.0. The first kappa shape index (κ1) is 26.1. The van der Waals surface area contributed by atoms with E-state index in [4.69, 9.17) is 9.47 Å². The lowest BCUT2D eigenvalue weighted by Gasteiger charge is -2.51. The number of likely N-dealkylation sites (tertiary alicyclic amines) is 1. The van der Waals surface area contributed by atoms with Gasteiger partial charge < -0.3 is 29.3 Å². The zero-order chi connectivity index (χ0) is 27.4. The molecule has 1 saturated carbocycles. The van der Waals surface area contributed by atoms with Gasteiger partial charge in [0.25, 0.3) is 5.91 Å². The van der Waals surface area contributed by atoms with Gasteiger partial charge in [-0.25, -0.2) is 4.79 Å². The molecular weight excluding hydrogens is 494 g/mol. The summed E-state index contributed by atoms with van der Waals surface area (Å²) < 4.78 is 12.6. The summed E-state index contributed by atoms with van der Waals surface area (Å²) in [5.41, 5.74) is 3.44. The van der Waals surface area contributed by atoms with E-state index in [0.717, 1.165) is 79.9 Å². The number of likely N-dealkylation sites (N-methyl/N-ethyl adjacent to an activating group) is 1. The maximum atomic E-state index is 12.9. The third-order valence-electron chi connectivity index (χ3n) is 9.86. The molecule has 0 radical (unpaired) electrons. The largest absolute Gasteiger partial charge is 0.465 e. The number of carbonyl (C=O) groups is 2.